The summed E-state index contributed by atoms with van der Waals surface area (Å²) < 4.78 is 11.9. The standard InChI is InChI=1S/C26H34N2O4/c1-7-23-24(19-9-16(4)25(17(5)10-19)31-14-22(30)13-29)28-26(32-23)20-11-18(6)27-21(12-20)8-15(2)3/h9-12,15,22,29-30H,7-8,13-14H2,1-6H3. The molecule has 0 bridgehead atoms. The number of oxazole rings is 1. The minimum atomic E-state index is -0.900. The molecule has 1 unspecified atom stereocenters. The largest absolute Gasteiger partial charge is 0.490 e. The van der Waals surface area contributed by atoms with Crippen molar-refractivity contribution in [3.63, 3.8) is 0 Å². The third kappa shape index (κ3) is 5.56. The molecule has 1 aromatic carbocycles. The van der Waals surface area contributed by atoms with E-state index >= 15 is 0 Å². The Morgan fingerprint density at radius 1 is 1.00 bits per heavy atom. The lowest BCUT2D eigenvalue weighted by Gasteiger charge is -2.15. The number of rotatable bonds is 9. The van der Waals surface area contributed by atoms with Gasteiger partial charge in [0.1, 0.15) is 29.9 Å². The van der Waals surface area contributed by atoms with E-state index in [4.69, 9.17) is 19.2 Å². The molecular formula is C26H34N2O4. The van der Waals surface area contributed by atoms with Crippen molar-refractivity contribution in [1.29, 1.82) is 0 Å². The maximum Gasteiger partial charge on any atom is 0.227 e. The molecule has 2 heterocycles. The Balaban J connectivity index is 1.98. The first-order chi connectivity index (χ1) is 15.2. The number of pyridine rings is 1. The van der Waals surface area contributed by atoms with Gasteiger partial charge in [-0.2, -0.15) is 0 Å². The van der Waals surface area contributed by atoms with Crippen LogP contribution in [-0.2, 0) is 12.8 Å². The highest BCUT2D eigenvalue weighted by Crippen LogP contribution is 2.34. The normalized spacial score (nSPS) is 12.4. The first-order valence-corrected chi connectivity index (χ1v) is 11.2. The second kappa shape index (κ2) is 10.3. The van der Waals surface area contributed by atoms with Crippen molar-refractivity contribution < 1.29 is 19.4 Å². The van der Waals surface area contributed by atoms with E-state index in [0.717, 1.165) is 57.9 Å². The van der Waals surface area contributed by atoms with Crippen LogP contribution in [0.2, 0.25) is 0 Å². The minimum absolute atomic E-state index is 0.0476. The Labute approximate surface area is 190 Å². The monoisotopic (exact) mass is 438 g/mol. The molecular weight excluding hydrogens is 404 g/mol. The van der Waals surface area contributed by atoms with Crippen molar-refractivity contribution >= 4 is 0 Å². The lowest BCUT2D eigenvalue weighted by Crippen LogP contribution is -2.21. The van der Waals surface area contributed by atoms with Crippen LogP contribution in [0, 0.1) is 26.7 Å². The second-order valence-electron chi connectivity index (χ2n) is 8.82. The number of benzene rings is 1. The fraction of sp³-hybridized carbons (Fsp3) is 0.462. The van der Waals surface area contributed by atoms with Crippen molar-refractivity contribution in [2.75, 3.05) is 13.2 Å². The minimum Gasteiger partial charge on any atom is -0.490 e. The molecule has 1 atom stereocenters. The topological polar surface area (TPSA) is 88.6 Å². The highest BCUT2D eigenvalue weighted by Gasteiger charge is 2.19. The van der Waals surface area contributed by atoms with E-state index in [0.29, 0.717) is 17.6 Å². The zero-order chi connectivity index (χ0) is 23.4. The zero-order valence-electron chi connectivity index (χ0n) is 19.9. The van der Waals surface area contributed by atoms with Gasteiger partial charge in [-0.15, -0.1) is 0 Å². The highest BCUT2D eigenvalue weighted by molar-refractivity contribution is 5.69. The quantitative estimate of drug-likeness (QED) is 0.498. The van der Waals surface area contributed by atoms with Crippen LogP contribution in [0.3, 0.4) is 0 Å². The number of aryl methyl sites for hydroxylation is 4. The summed E-state index contributed by atoms with van der Waals surface area (Å²) in [5.41, 5.74) is 6.62. The number of nitrogens with zero attached hydrogens (tertiary/aromatic N) is 2. The summed E-state index contributed by atoms with van der Waals surface area (Å²) >= 11 is 0. The van der Waals surface area contributed by atoms with E-state index < -0.39 is 6.10 Å². The number of hydrogen-bond acceptors (Lipinski definition) is 6. The molecule has 0 radical (unpaired) electrons. The van der Waals surface area contributed by atoms with Gasteiger partial charge in [-0.25, -0.2) is 4.98 Å². The molecule has 0 aliphatic rings. The molecule has 0 spiro atoms. The number of aliphatic hydroxyl groups excluding tert-OH is 2. The van der Waals surface area contributed by atoms with Gasteiger partial charge in [0.15, 0.2) is 0 Å². The Morgan fingerprint density at radius 3 is 2.28 bits per heavy atom. The molecule has 0 fully saturated rings. The predicted octanol–water partition coefficient (Wildman–Crippen LogP) is 4.82. The van der Waals surface area contributed by atoms with Gasteiger partial charge in [-0.1, -0.05) is 20.8 Å². The van der Waals surface area contributed by atoms with E-state index in [1.54, 1.807) is 0 Å². The van der Waals surface area contributed by atoms with Gasteiger partial charge < -0.3 is 19.4 Å². The van der Waals surface area contributed by atoms with Crippen LogP contribution in [0.5, 0.6) is 5.75 Å². The van der Waals surface area contributed by atoms with Gasteiger partial charge in [-0.05, 0) is 68.5 Å². The molecule has 0 saturated heterocycles. The van der Waals surface area contributed by atoms with Gasteiger partial charge in [-0.3, -0.25) is 4.98 Å². The average molecular weight is 439 g/mol. The Bertz CT molecular complexity index is 1050. The summed E-state index contributed by atoms with van der Waals surface area (Å²) in [6, 6.07) is 8.13. The number of hydrogen-bond donors (Lipinski definition) is 2. The third-order valence-corrected chi connectivity index (χ3v) is 5.25. The number of aromatic nitrogens is 2. The molecule has 6 heteroatoms. The van der Waals surface area contributed by atoms with Crippen molar-refractivity contribution in [3.8, 4) is 28.5 Å². The fourth-order valence-corrected chi connectivity index (χ4v) is 3.87. The van der Waals surface area contributed by atoms with Crippen molar-refractivity contribution in [3.05, 3.63) is 52.5 Å². The molecule has 3 aromatic rings. The maximum atomic E-state index is 9.60. The third-order valence-electron chi connectivity index (χ3n) is 5.25. The SMILES string of the molecule is CCc1oc(-c2cc(C)nc(CC(C)C)c2)nc1-c1cc(C)c(OCC(O)CO)c(C)c1. The molecule has 0 saturated carbocycles. The van der Waals surface area contributed by atoms with Crippen LogP contribution in [0.1, 0.15) is 49.0 Å². The molecule has 3 rings (SSSR count). The Kier molecular flexibility index (Phi) is 7.69. The van der Waals surface area contributed by atoms with E-state index in [1.807, 2.05) is 39.0 Å². The molecule has 2 aromatic heterocycles. The van der Waals surface area contributed by atoms with Crippen LogP contribution < -0.4 is 4.74 Å². The molecule has 6 nitrogen and oxygen atoms in total. The second-order valence-corrected chi connectivity index (χ2v) is 8.82. The lowest BCUT2D eigenvalue weighted by molar-refractivity contribution is 0.0532. The van der Waals surface area contributed by atoms with Crippen LogP contribution in [-0.4, -0.2) is 39.5 Å². The van der Waals surface area contributed by atoms with E-state index in [-0.39, 0.29) is 13.2 Å². The van der Waals surface area contributed by atoms with Crippen LogP contribution in [0.25, 0.3) is 22.7 Å². The summed E-state index contributed by atoms with van der Waals surface area (Å²) in [5, 5.41) is 18.6. The summed E-state index contributed by atoms with van der Waals surface area (Å²) in [7, 11) is 0. The molecule has 0 aliphatic heterocycles. The van der Waals surface area contributed by atoms with E-state index in [9.17, 15) is 5.11 Å². The Morgan fingerprint density at radius 2 is 1.69 bits per heavy atom. The van der Waals surface area contributed by atoms with E-state index in [2.05, 4.69) is 31.8 Å². The predicted molar refractivity (Wildman–Crippen MR) is 126 cm³/mol. The van der Waals surface area contributed by atoms with Crippen molar-refractivity contribution in [1.82, 2.24) is 9.97 Å². The first-order valence-electron chi connectivity index (χ1n) is 11.2. The number of aliphatic hydroxyl groups is 2. The van der Waals surface area contributed by atoms with Crippen LogP contribution >= 0.6 is 0 Å². The first kappa shape index (κ1) is 24.0. The summed E-state index contributed by atoms with van der Waals surface area (Å²) in [6.45, 7) is 12.1. The van der Waals surface area contributed by atoms with Gasteiger partial charge in [0, 0.05) is 28.9 Å². The molecule has 0 amide bonds. The van der Waals surface area contributed by atoms with Crippen LogP contribution in [0.15, 0.2) is 28.7 Å². The Hall–Kier alpha value is -2.70. The zero-order valence-corrected chi connectivity index (χ0v) is 19.9. The molecule has 2 N–H and O–H groups in total. The molecule has 0 aliphatic carbocycles. The average Bonchev–Trinajstić information content (AvgIpc) is 3.16. The van der Waals surface area contributed by atoms with Gasteiger partial charge in [0.25, 0.3) is 0 Å². The van der Waals surface area contributed by atoms with Crippen LogP contribution in [0.4, 0.5) is 0 Å². The number of ether oxygens (including phenoxy) is 1. The fourth-order valence-electron chi connectivity index (χ4n) is 3.87. The molecule has 172 valence electrons. The van der Waals surface area contributed by atoms with Gasteiger partial charge >= 0.3 is 0 Å². The lowest BCUT2D eigenvalue weighted by atomic mass is 10.0. The van der Waals surface area contributed by atoms with Gasteiger partial charge in [0.2, 0.25) is 5.89 Å². The van der Waals surface area contributed by atoms with Gasteiger partial charge in [0.05, 0.1) is 6.61 Å². The molecule has 32 heavy (non-hydrogen) atoms. The summed E-state index contributed by atoms with van der Waals surface area (Å²) in [6.07, 6.45) is 0.737. The summed E-state index contributed by atoms with van der Waals surface area (Å²) in [4.78, 5) is 9.53. The summed E-state index contributed by atoms with van der Waals surface area (Å²) in [5.74, 6) is 2.68. The smallest absolute Gasteiger partial charge is 0.227 e. The maximum absolute atomic E-state index is 9.60. The van der Waals surface area contributed by atoms with Crippen molar-refractivity contribution in [2.24, 2.45) is 5.92 Å². The van der Waals surface area contributed by atoms with E-state index in [1.165, 1.54) is 0 Å². The highest BCUT2D eigenvalue weighted by atomic mass is 16.5. The van der Waals surface area contributed by atoms with Crippen molar-refractivity contribution in [2.45, 2.75) is 60.5 Å².